The number of ether oxygens (including phenoxy) is 1. The highest BCUT2D eigenvalue weighted by molar-refractivity contribution is 8.13. The molecular formula is C15H17NO5S. The molecule has 1 aromatic rings. The quantitative estimate of drug-likeness (QED) is 0.892. The molecule has 0 aliphatic carbocycles. The summed E-state index contributed by atoms with van der Waals surface area (Å²) in [7, 11) is 1.48. The molecule has 1 unspecified atom stereocenters. The van der Waals surface area contributed by atoms with Crippen LogP contribution in [0.3, 0.4) is 0 Å². The van der Waals surface area contributed by atoms with Crippen LogP contribution in [0.25, 0.3) is 0 Å². The predicted molar refractivity (Wildman–Crippen MR) is 83.6 cm³/mol. The lowest BCUT2D eigenvalue weighted by Crippen LogP contribution is -2.25. The minimum atomic E-state index is -1.06. The smallest absolute Gasteiger partial charge is 0.335 e. The second-order valence-corrected chi connectivity index (χ2v) is 6.27. The zero-order chi connectivity index (χ0) is 16.3. The van der Waals surface area contributed by atoms with Gasteiger partial charge in [-0.2, -0.15) is 0 Å². The van der Waals surface area contributed by atoms with Crippen molar-refractivity contribution in [2.24, 2.45) is 5.92 Å². The van der Waals surface area contributed by atoms with E-state index in [2.05, 4.69) is 0 Å². The van der Waals surface area contributed by atoms with Crippen molar-refractivity contribution in [3.8, 4) is 5.75 Å². The molecule has 7 heteroatoms. The van der Waals surface area contributed by atoms with Crippen molar-refractivity contribution in [1.82, 2.24) is 0 Å². The number of anilines is 1. The van der Waals surface area contributed by atoms with Crippen molar-refractivity contribution >= 4 is 34.4 Å². The van der Waals surface area contributed by atoms with Gasteiger partial charge in [0.05, 0.1) is 18.4 Å². The van der Waals surface area contributed by atoms with Crippen molar-refractivity contribution in [1.29, 1.82) is 0 Å². The van der Waals surface area contributed by atoms with Crippen molar-refractivity contribution in [2.45, 2.75) is 13.3 Å². The number of carbonyl (C=O) groups is 3. The highest BCUT2D eigenvalue weighted by atomic mass is 32.2. The fourth-order valence-corrected chi connectivity index (χ4v) is 3.09. The lowest BCUT2D eigenvalue weighted by Gasteiger charge is -2.20. The van der Waals surface area contributed by atoms with Gasteiger partial charge < -0.3 is 14.7 Å². The maximum absolute atomic E-state index is 12.2. The van der Waals surface area contributed by atoms with E-state index in [1.54, 1.807) is 6.07 Å². The maximum atomic E-state index is 12.2. The van der Waals surface area contributed by atoms with Gasteiger partial charge in [-0.3, -0.25) is 9.59 Å². The summed E-state index contributed by atoms with van der Waals surface area (Å²) in [6.07, 6.45) is 0.348. The molecule has 0 radical (unpaired) electrons. The summed E-state index contributed by atoms with van der Waals surface area (Å²) in [6.45, 7) is 1.96. The van der Waals surface area contributed by atoms with Crippen LogP contribution in [-0.4, -0.2) is 41.5 Å². The molecule has 1 fully saturated rings. The van der Waals surface area contributed by atoms with E-state index >= 15 is 0 Å². The summed E-state index contributed by atoms with van der Waals surface area (Å²) in [6, 6.07) is 4.43. The van der Waals surface area contributed by atoms with Crippen LogP contribution in [0.1, 0.15) is 23.7 Å². The number of hydrogen-bond donors (Lipinski definition) is 1. The van der Waals surface area contributed by atoms with Crippen LogP contribution in [0, 0.1) is 5.92 Å². The molecular weight excluding hydrogens is 306 g/mol. The van der Waals surface area contributed by atoms with Gasteiger partial charge in [0.2, 0.25) is 5.91 Å². The Morgan fingerprint density at radius 3 is 2.77 bits per heavy atom. The topological polar surface area (TPSA) is 83.9 Å². The third-order valence-electron chi connectivity index (χ3n) is 3.44. The first-order chi connectivity index (χ1) is 10.4. The first kappa shape index (κ1) is 16.4. The number of amides is 1. The number of carbonyl (C=O) groups excluding carboxylic acids is 2. The van der Waals surface area contributed by atoms with Gasteiger partial charge in [0.25, 0.3) is 0 Å². The zero-order valence-electron chi connectivity index (χ0n) is 12.4. The molecule has 2 rings (SSSR count). The molecule has 6 nitrogen and oxygen atoms in total. The molecule has 1 heterocycles. The number of benzene rings is 1. The van der Waals surface area contributed by atoms with Gasteiger partial charge in [-0.1, -0.05) is 11.8 Å². The summed E-state index contributed by atoms with van der Waals surface area (Å²) in [5.74, 6) is -0.0366. The van der Waals surface area contributed by atoms with E-state index in [0.717, 1.165) is 0 Å². The molecule has 0 aromatic heterocycles. The summed E-state index contributed by atoms with van der Waals surface area (Å²) >= 11 is 1.20. The minimum absolute atomic E-state index is 0.0244. The normalized spacial score (nSPS) is 17.6. The van der Waals surface area contributed by atoms with Gasteiger partial charge in [0.1, 0.15) is 5.75 Å². The zero-order valence-corrected chi connectivity index (χ0v) is 13.2. The molecule has 0 spiro atoms. The van der Waals surface area contributed by atoms with Gasteiger partial charge in [0, 0.05) is 25.6 Å². The Hall–Kier alpha value is -2.02. The third-order valence-corrected chi connectivity index (χ3v) is 4.49. The van der Waals surface area contributed by atoms with Crippen LogP contribution < -0.4 is 9.64 Å². The number of methoxy groups -OCH3 is 1. The lowest BCUT2D eigenvalue weighted by molar-refractivity contribution is -0.117. The van der Waals surface area contributed by atoms with Gasteiger partial charge in [0.15, 0.2) is 5.12 Å². The van der Waals surface area contributed by atoms with E-state index in [1.165, 1.54) is 42.8 Å². The minimum Gasteiger partial charge on any atom is -0.495 e. The highest BCUT2D eigenvalue weighted by Gasteiger charge is 2.32. The summed E-state index contributed by atoms with van der Waals surface area (Å²) in [4.78, 5) is 35.9. The summed E-state index contributed by atoms with van der Waals surface area (Å²) in [5, 5.41) is 9.12. The van der Waals surface area contributed by atoms with Crippen LogP contribution >= 0.6 is 11.8 Å². The van der Waals surface area contributed by atoms with Crippen molar-refractivity contribution in [3.05, 3.63) is 23.8 Å². The molecule has 0 saturated carbocycles. The molecule has 0 bridgehead atoms. The molecule has 118 valence electrons. The Labute approximate surface area is 132 Å². The van der Waals surface area contributed by atoms with Crippen LogP contribution in [0.2, 0.25) is 0 Å². The fourth-order valence-electron chi connectivity index (χ4n) is 2.40. The van der Waals surface area contributed by atoms with Gasteiger partial charge in [-0.05, 0) is 24.1 Å². The average molecular weight is 323 g/mol. The maximum Gasteiger partial charge on any atom is 0.335 e. The van der Waals surface area contributed by atoms with Gasteiger partial charge >= 0.3 is 5.97 Å². The Kier molecular flexibility index (Phi) is 5.07. The van der Waals surface area contributed by atoms with E-state index in [4.69, 9.17) is 9.84 Å². The van der Waals surface area contributed by atoms with Crippen molar-refractivity contribution in [2.75, 3.05) is 24.3 Å². The molecule has 1 amide bonds. The Morgan fingerprint density at radius 2 is 2.18 bits per heavy atom. The number of carboxylic acid groups (broad SMARTS) is 1. The number of thioether (sulfide) groups is 1. The Morgan fingerprint density at radius 1 is 1.45 bits per heavy atom. The molecule has 1 aliphatic rings. The Bertz CT molecular complexity index is 616. The summed E-state index contributed by atoms with van der Waals surface area (Å²) in [5.41, 5.74) is 0.563. The van der Waals surface area contributed by atoms with Crippen LogP contribution in [0.5, 0.6) is 5.75 Å². The largest absolute Gasteiger partial charge is 0.495 e. The van der Waals surface area contributed by atoms with Crippen LogP contribution in [0.4, 0.5) is 5.69 Å². The lowest BCUT2D eigenvalue weighted by atomic mass is 10.1. The van der Waals surface area contributed by atoms with Crippen LogP contribution in [-0.2, 0) is 9.59 Å². The van der Waals surface area contributed by atoms with E-state index in [-0.39, 0.29) is 22.5 Å². The first-order valence-electron chi connectivity index (χ1n) is 6.77. The summed E-state index contributed by atoms with van der Waals surface area (Å²) < 4.78 is 5.23. The van der Waals surface area contributed by atoms with E-state index in [1.807, 2.05) is 0 Å². The van der Waals surface area contributed by atoms with Gasteiger partial charge in [-0.25, -0.2) is 4.79 Å². The average Bonchev–Trinajstić information content (AvgIpc) is 2.85. The molecule has 1 aromatic carbocycles. The number of hydrogen-bond acceptors (Lipinski definition) is 5. The highest BCUT2D eigenvalue weighted by Crippen LogP contribution is 2.34. The van der Waals surface area contributed by atoms with Crippen LogP contribution in [0.15, 0.2) is 18.2 Å². The number of carboxylic acids is 1. The number of aromatic carboxylic acids is 1. The SMILES string of the molecule is COc1ccc(C(=O)O)cc1N1CC(CSC(C)=O)CC1=O. The molecule has 22 heavy (non-hydrogen) atoms. The second-order valence-electron chi connectivity index (χ2n) is 5.07. The predicted octanol–water partition coefficient (Wildman–Crippen LogP) is 2.03. The standard InChI is InChI=1S/C15H17NO5S/c1-9(17)22-8-10-5-14(18)16(7-10)12-6-11(15(19)20)3-4-13(12)21-2/h3-4,6,10H,5,7-8H2,1-2H3,(H,19,20). The molecule has 1 aliphatic heterocycles. The molecule has 1 atom stereocenters. The number of nitrogens with zero attached hydrogens (tertiary/aromatic N) is 1. The van der Waals surface area contributed by atoms with Crippen molar-refractivity contribution in [3.63, 3.8) is 0 Å². The molecule has 1 N–H and O–H groups in total. The van der Waals surface area contributed by atoms with E-state index in [9.17, 15) is 14.4 Å². The number of rotatable bonds is 5. The van der Waals surface area contributed by atoms with Crippen molar-refractivity contribution < 1.29 is 24.2 Å². The Balaban J connectivity index is 2.23. The molecule has 1 saturated heterocycles. The monoisotopic (exact) mass is 323 g/mol. The van der Waals surface area contributed by atoms with Gasteiger partial charge in [-0.15, -0.1) is 0 Å². The van der Waals surface area contributed by atoms with E-state index in [0.29, 0.717) is 30.2 Å². The fraction of sp³-hybridized carbons (Fsp3) is 0.400. The third kappa shape index (κ3) is 3.59. The van der Waals surface area contributed by atoms with E-state index < -0.39 is 5.97 Å². The first-order valence-corrected chi connectivity index (χ1v) is 7.76. The second kappa shape index (κ2) is 6.83.